The van der Waals surface area contributed by atoms with E-state index >= 15 is 0 Å². The van der Waals surface area contributed by atoms with Crippen LogP contribution in [0.15, 0.2) is 67.0 Å². The maximum absolute atomic E-state index is 12.7. The predicted octanol–water partition coefficient (Wildman–Crippen LogP) is 2.85. The number of amides is 1. The van der Waals surface area contributed by atoms with Gasteiger partial charge in [0.05, 0.1) is 12.3 Å². The molecule has 9 heteroatoms. The van der Waals surface area contributed by atoms with Crippen LogP contribution in [0.4, 0.5) is 5.82 Å². The van der Waals surface area contributed by atoms with Crippen LogP contribution in [0, 0.1) is 0 Å². The van der Waals surface area contributed by atoms with E-state index < -0.39 is 0 Å². The monoisotopic (exact) mass is 459 g/mol. The Balaban J connectivity index is 1.19. The van der Waals surface area contributed by atoms with Gasteiger partial charge < -0.3 is 9.80 Å². The Labute approximate surface area is 196 Å². The van der Waals surface area contributed by atoms with Crippen LogP contribution >= 0.6 is 11.8 Å². The topological polar surface area (TPSA) is 80.0 Å². The molecule has 1 amide bonds. The number of carbonyl (C=O) groups is 1. The molecule has 1 aliphatic rings. The number of nitrogens with zero attached hydrogens (tertiary/aromatic N) is 7. The maximum atomic E-state index is 12.7. The normalized spacial score (nSPS) is 14.1. The van der Waals surface area contributed by atoms with Crippen LogP contribution in [0.2, 0.25) is 0 Å². The van der Waals surface area contributed by atoms with Gasteiger partial charge in [0.15, 0.2) is 17.0 Å². The first-order valence-corrected chi connectivity index (χ1v) is 12.2. The zero-order chi connectivity index (χ0) is 22.5. The lowest BCUT2D eigenvalue weighted by atomic mass is 10.2. The summed E-state index contributed by atoms with van der Waals surface area (Å²) in [6, 6.07) is 20.4. The molecule has 1 saturated heterocycles. The highest BCUT2D eigenvalue weighted by Crippen LogP contribution is 2.22. The molecule has 8 nitrogen and oxygen atoms in total. The molecular formula is C24H25N7OS. The van der Waals surface area contributed by atoms with Crippen molar-refractivity contribution in [3.63, 3.8) is 0 Å². The predicted molar refractivity (Wildman–Crippen MR) is 130 cm³/mol. The number of anilines is 1. The summed E-state index contributed by atoms with van der Waals surface area (Å²) in [5, 5.41) is 8.69. The second kappa shape index (κ2) is 9.99. The molecule has 2 aromatic carbocycles. The molecule has 0 atom stereocenters. The molecule has 2 aromatic heterocycles. The molecule has 0 saturated carbocycles. The molecule has 1 fully saturated rings. The van der Waals surface area contributed by atoms with Crippen LogP contribution in [0.5, 0.6) is 0 Å². The molecule has 0 aliphatic carbocycles. The third-order valence-electron chi connectivity index (χ3n) is 5.72. The fourth-order valence-corrected chi connectivity index (χ4v) is 4.85. The first-order chi connectivity index (χ1) is 16.3. The van der Waals surface area contributed by atoms with Crippen LogP contribution < -0.4 is 4.90 Å². The van der Waals surface area contributed by atoms with E-state index in [0.717, 1.165) is 22.8 Å². The van der Waals surface area contributed by atoms with Crippen LogP contribution in [-0.2, 0) is 17.1 Å². The summed E-state index contributed by atoms with van der Waals surface area (Å²) < 4.78 is 1.81. The van der Waals surface area contributed by atoms with Gasteiger partial charge in [-0.15, -0.1) is 16.9 Å². The Morgan fingerprint density at radius 3 is 2.30 bits per heavy atom. The van der Waals surface area contributed by atoms with Gasteiger partial charge in [-0.2, -0.15) is 0 Å². The fraction of sp³-hybridized carbons (Fsp3) is 0.292. The Hall–Kier alpha value is -3.46. The number of thioether (sulfide) groups is 1. The summed E-state index contributed by atoms with van der Waals surface area (Å²) in [4.78, 5) is 25.7. The van der Waals surface area contributed by atoms with E-state index in [1.807, 2.05) is 41.3 Å². The second-order valence-corrected chi connectivity index (χ2v) is 8.93. The molecule has 0 spiro atoms. The van der Waals surface area contributed by atoms with Crippen molar-refractivity contribution in [2.75, 3.05) is 36.8 Å². The van der Waals surface area contributed by atoms with E-state index in [9.17, 15) is 4.79 Å². The number of carbonyl (C=O) groups excluding carboxylic acids is 1. The van der Waals surface area contributed by atoms with Gasteiger partial charge in [-0.3, -0.25) is 4.79 Å². The van der Waals surface area contributed by atoms with Crippen molar-refractivity contribution >= 4 is 34.7 Å². The molecule has 5 rings (SSSR count). The lowest BCUT2D eigenvalue weighted by molar-refractivity contribution is -0.128. The zero-order valence-corrected chi connectivity index (χ0v) is 19.1. The summed E-state index contributed by atoms with van der Waals surface area (Å²) in [5.74, 6) is 2.33. The smallest absolute Gasteiger partial charge is 0.232 e. The molecule has 3 heterocycles. The third kappa shape index (κ3) is 4.98. The molecule has 1 aliphatic heterocycles. The van der Waals surface area contributed by atoms with Gasteiger partial charge in [0.25, 0.3) is 0 Å². The molecule has 0 N–H and O–H groups in total. The minimum Gasteiger partial charge on any atom is -0.351 e. The van der Waals surface area contributed by atoms with Crippen LogP contribution in [-0.4, -0.2) is 67.7 Å². The number of piperazine rings is 1. The number of hydrogen-bond acceptors (Lipinski definition) is 7. The van der Waals surface area contributed by atoms with Gasteiger partial charge in [-0.05, 0) is 11.1 Å². The van der Waals surface area contributed by atoms with Crippen molar-refractivity contribution < 1.29 is 4.79 Å². The van der Waals surface area contributed by atoms with Gasteiger partial charge in [0.2, 0.25) is 5.91 Å². The molecule has 0 radical (unpaired) electrons. The van der Waals surface area contributed by atoms with E-state index in [2.05, 4.69) is 49.4 Å². The zero-order valence-electron chi connectivity index (χ0n) is 18.2. The Kier molecular flexibility index (Phi) is 6.48. The average Bonchev–Trinajstić information content (AvgIpc) is 3.28. The molecule has 33 heavy (non-hydrogen) atoms. The fourth-order valence-electron chi connectivity index (χ4n) is 3.96. The van der Waals surface area contributed by atoms with E-state index in [4.69, 9.17) is 0 Å². The van der Waals surface area contributed by atoms with Crippen molar-refractivity contribution in [2.24, 2.45) is 0 Å². The standard InChI is InChI=1S/C24H25N7OS/c32-21(17-33-16-20-9-5-2-6-10-20)29-11-13-30(14-12-29)23-22-24(26-18-25-23)31(28-27-22)15-19-7-3-1-4-8-19/h1-10,18H,11-17H2. The van der Waals surface area contributed by atoms with Gasteiger partial charge in [-0.25, -0.2) is 14.6 Å². The van der Waals surface area contributed by atoms with Crippen LogP contribution in [0.3, 0.4) is 0 Å². The summed E-state index contributed by atoms with van der Waals surface area (Å²) in [6.45, 7) is 3.39. The first-order valence-electron chi connectivity index (χ1n) is 11.0. The molecule has 0 unspecified atom stereocenters. The summed E-state index contributed by atoms with van der Waals surface area (Å²) in [7, 11) is 0. The van der Waals surface area contributed by atoms with Gasteiger partial charge in [0, 0.05) is 31.9 Å². The highest BCUT2D eigenvalue weighted by molar-refractivity contribution is 7.99. The van der Waals surface area contributed by atoms with Crippen LogP contribution in [0.1, 0.15) is 11.1 Å². The van der Waals surface area contributed by atoms with Crippen molar-refractivity contribution in [1.29, 1.82) is 0 Å². The Bertz CT molecular complexity index is 1210. The summed E-state index contributed by atoms with van der Waals surface area (Å²) in [6.07, 6.45) is 1.57. The number of rotatable bonds is 7. The van der Waals surface area contributed by atoms with E-state index in [1.165, 1.54) is 5.56 Å². The summed E-state index contributed by atoms with van der Waals surface area (Å²) in [5.41, 5.74) is 3.81. The van der Waals surface area contributed by atoms with Crippen molar-refractivity contribution in [3.05, 3.63) is 78.1 Å². The van der Waals surface area contributed by atoms with Crippen molar-refractivity contribution in [3.8, 4) is 0 Å². The van der Waals surface area contributed by atoms with Crippen molar-refractivity contribution in [1.82, 2.24) is 29.9 Å². The van der Waals surface area contributed by atoms with Crippen LogP contribution in [0.25, 0.3) is 11.2 Å². The largest absolute Gasteiger partial charge is 0.351 e. The lowest BCUT2D eigenvalue weighted by Gasteiger charge is -2.35. The lowest BCUT2D eigenvalue weighted by Crippen LogP contribution is -2.49. The van der Waals surface area contributed by atoms with Gasteiger partial charge in [0.1, 0.15) is 6.33 Å². The minimum absolute atomic E-state index is 0.192. The first kappa shape index (κ1) is 21.4. The quantitative estimate of drug-likeness (QED) is 0.420. The number of benzene rings is 2. The number of aromatic nitrogens is 5. The Morgan fingerprint density at radius 1 is 0.879 bits per heavy atom. The number of hydrogen-bond donors (Lipinski definition) is 0. The van der Waals surface area contributed by atoms with Gasteiger partial charge in [-0.1, -0.05) is 65.9 Å². The van der Waals surface area contributed by atoms with Gasteiger partial charge >= 0.3 is 0 Å². The highest BCUT2D eigenvalue weighted by atomic mass is 32.2. The molecular weight excluding hydrogens is 434 g/mol. The van der Waals surface area contributed by atoms with E-state index in [1.54, 1.807) is 22.8 Å². The molecule has 4 aromatic rings. The van der Waals surface area contributed by atoms with E-state index in [0.29, 0.717) is 44.0 Å². The Morgan fingerprint density at radius 2 is 1.58 bits per heavy atom. The maximum Gasteiger partial charge on any atom is 0.232 e. The van der Waals surface area contributed by atoms with Crippen molar-refractivity contribution in [2.45, 2.75) is 12.3 Å². The third-order valence-corrected chi connectivity index (χ3v) is 6.71. The average molecular weight is 460 g/mol. The molecule has 0 bridgehead atoms. The summed E-state index contributed by atoms with van der Waals surface area (Å²) >= 11 is 1.66. The molecule has 168 valence electrons. The second-order valence-electron chi connectivity index (χ2n) is 7.95. The highest BCUT2D eigenvalue weighted by Gasteiger charge is 2.24. The minimum atomic E-state index is 0.192. The van der Waals surface area contributed by atoms with E-state index in [-0.39, 0.29) is 5.91 Å². The SMILES string of the molecule is O=C(CSCc1ccccc1)N1CCN(c2ncnc3c2nnn3Cc2ccccc2)CC1. The number of fused-ring (bicyclic) bond motifs is 1.